The molecule has 2 N–H and O–H groups in total. The van der Waals surface area contributed by atoms with Gasteiger partial charge in [-0.25, -0.2) is 0 Å². The molecule has 2 unspecified atom stereocenters. The molecule has 0 fully saturated rings. The van der Waals surface area contributed by atoms with Gasteiger partial charge in [0.15, 0.2) is 0 Å². The first-order valence-corrected chi connectivity index (χ1v) is 6.46. The van der Waals surface area contributed by atoms with Crippen LogP contribution >= 0.6 is 15.9 Å². The monoisotopic (exact) mass is 313 g/mol. The van der Waals surface area contributed by atoms with Gasteiger partial charge in [0, 0.05) is 10.5 Å². The Bertz CT molecular complexity index is 448. The number of benzene rings is 1. The highest BCUT2D eigenvalue weighted by molar-refractivity contribution is 9.10. The highest BCUT2D eigenvalue weighted by atomic mass is 79.9. The van der Waals surface area contributed by atoms with Crippen molar-refractivity contribution in [1.82, 2.24) is 5.32 Å². The minimum Gasteiger partial charge on any atom is -0.481 e. The van der Waals surface area contributed by atoms with Crippen LogP contribution in [0.25, 0.3) is 0 Å². The first kappa shape index (κ1) is 14.7. The molecule has 0 aliphatic carbocycles. The molecule has 18 heavy (non-hydrogen) atoms. The van der Waals surface area contributed by atoms with Crippen LogP contribution in [-0.4, -0.2) is 23.0 Å². The summed E-state index contributed by atoms with van der Waals surface area (Å²) in [7, 11) is 0. The molecule has 0 aromatic heterocycles. The maximum absolute atomic E-state index is 11.7. The van der Waals surface area contributed by atoms with Gasteiger partial charge in [-0.15, -0.1) is 0 Å². The summed E-state index contributed by atoms with van der Waals surface area (Å²) in [5, 5.41) is 11.5. The van der Waals surface area contributed by atoms with Crippen LogP contribution in [0.2, 0.25) is 0 Å². The fraction of sp³-hybridized carbons (Fsp3) is 0.385. The van der Waals surface area contributed by atoms with Gasteiger partial charge in [-0.2, -0.15) is 0 Å². The molecule has 0 radical (unpaired) electrons. The molecule has 0 saturated heterocycles. The van der Waals surface area contributed by atoms with E-state index in [1.807, 2.05) is 24.3 Å². The van der Waals surface area contributed by atoms with Crippen LogP contribution in [0.15, 0.2) is 28.7 Å². The first-order chi connectivity index (χ1) is 8.40. The van der Waals surface area contributed by atoms with Crippen molar-refractivity contribution >= 4 is 27.8 Å². The van der Waals surface area contributed by atoms with E-state index in [0.29, 0.717) is 0 Å². The van der Waals surface area contributed by atoms with Crippen molar-refractivity contribution in [3.8, 4) is 0 Å². The Hall–Kier alpha value is -1.36. The molecule has 2 atom stereocenters. The summed E-state index contributed by atoms with van der Waals surface area (Å²) >= 11 is 3.34. The Balaban J connectivity index is 2.54. The number of carbonyl (C=O) groups excluding carboxylic acids is 1. The Morgan fingerprint density at radius 1 is 1.39 bits per heavy atom. The molecule has 1 aromatic rings. The zero-order valence-corrected chi connectivity index (χ0v) is 11.9. The van der Waals surface area contributed by atoms with Gasteiger partial charge in [-0.05, 0) is 31.5 Å². The van der Waals surface area contributed by atoms with Gasteiger partial charge in [-0.1, -0.05) is 28.1 Å². The van der Waals surface area contributed by atoms with E-state index in [0.717, 1.165) is 10.0 Å². The van der Waals surface area contributed by atoms with Crippen molar-refractivity contribution in [3.63, 3.8) is 0 Å². The van der Waals surface area contributed by atoms with E-state index < -0.39 is 11.9 Å². The van der Waals surface area contributed by atoms with Crippen molar-refractivity contribution in [3.05, 3.63) is 34.3 Å². The molecular weight excluding hydrogens is 298 g/mol. The van der Waals surface area contributed by atoms with Gasteiger partial charge in [0.1, 0.15) is 0 Å². The summed E-state index contributed by atoms with van der Waals surface area (Å²) in [6.07, 6.45) is 0.246. The largest absolute Gasteiger partial charge is 0.481 e. The number of hydrogen-bond donors (Lipinski definition) is 2. The number of carboxylic acid groups (broad SMARTS) is 1. The average molecular weight is 314 g/mol. The molecule has 1 amide bonds. The zero-order chi connectivity index (χ0) is 13.7. The molecular formula is C13H16BrNO3. The molecule has 0 bridgehead atoms. The number of aliphatic carboxylic acids is 1. The third-order valence-corrected chi connectivity index (χ3v) is 3.28. The van der Waals surface area contributed by atoms with E-state index in [2.05, 4.69) is 21.2 Å². The Morgan fingerprint density at radius 2 is 2.06 bits per heavy atom. The summed E-state index contributed by atoms with van der Waals surface area (Å²) in [6, 6.07) is 7.08. The number of carbonyl (C=O) groups is 2. The molecule has 0 aliphatic rings. The quantitative estimate of drug-likeness (QED) is 0.876. The molecule has 0 heterocycles. The number of amides is 1. The highest BCUT2D eigenvalue weighted by Gasteiger charge is 2.20. The van der Waals surface area contributed by atoms with E-state index in [-0.39, 0.29) is 18.4 Å². The van der Waals surface area contributed by atoms with Crippen LogP contribution in [0.1, 0.15) is 19.4 Å². The van der Waals surface area contributed by atoms with Gasteiger partial charge < -0.3 is 10.4 Å². The Kier molecular flexibility index (Phi) is 5.34. The lowest BCUT2D eigenvalue weighted by molar-refractivity contribution is -0.142. The minimum atomic E-state index is -0.912. The molecule has 0 spiro atoms. The highest BCUT2D eigenvalue weighted by Crippen LogP contribution is 2.12. The fourth-order valence-corrected chi connectivity index (χ4v) is 1.92. The summed E-state index contributed by atoms with van der Waals surface area (Å²) < 4.78 is 0.916. The standard InChI is InChI=1S/C13H16BrNO3/c1-8(13(17)18)9(2)15-12(16)7-10-4-3-5-11(14)6-10/h3-6,8-9H,7H2,1-2H3,(H,15,16)(H,17,18). The summed E-state index contributed by atoms with van der Waals surface area (Å²) in [5.74, 6) is -1.68. The fourth-order valence-electron chi connectivity index (χ4n) is 1.48. The van der Waals surface area contributed by atoms with E-state index in [1.54, 1.807) is 13.8 Å². The second kappa shape index (κ2) is 6.54. The summed E-state index contributed by atoms with van der Waals surface area (Å²) in [4.78, 5) is 22.5. The third kappa shape index (κ3) is 4.49. The zero-order valence-electron chi connectivity index (χ0n) is 10.3. The van der Waals surface area contributed by atoms with E-state index in [9.17, 15) is 9.59 Å². The van der Waals surface area contributed by atoms with Gasteiger partial charge in [0.25, 0.3) is 0 Å². The van der Waals surface area contributed by atoms with Gasteiger partial charge in [0.05, 0.1) is 12.3 Å². The topological polar surface area (TPSA) is 66.4 Å². The molecule has 1 aromatic carbocycles. The van der Waals surface area contributed by atoms with E-state index in [1.165, 1.54) is 0 Å². The van der Waals surface area contributed by atoms with Gasteiger partial charge in [-0.3, -0.25) is 9.59 Å². The van der Waals surface area contributed by atoms with Gasteiger partial charge >= 0.3 is 5.97 Å². The SMILES string of the molecule is CC(NC(=O)Cc1cccc(Br)c1)C(C)C(=O)O. The van der Waals surface area contributed by atoms with Crippen LogP contribution in [0.4, 0.5) is 0 Å². The number of rotatable bonds is 5. The van der Waals surface area contributed by atoms with Crippen LogP contribution < -0.4 is 5.32 Å². The maximum atomic E-state index is 11.7. The molecule has 1 rings (SSSR count). The van der Waals surface area contributed by atoms with Crippen molar-refractivity contribution in [2.24, 2.45) is 5.92 Å². The van der Waals surface area contributed by atoms with E-state index in [4.69, 9.17) is 5.11 Å². The van der Waals surface area contributed by atoms with Crippen molar-refractivity contribution in [2.45, 2.75) is 26.3 Å². The van der Waals surface area contributed by atoms with Gasteiger partial charge in [0.2, 0.25) is 5.91 Å². The maximum Gasteiger partial charge on any atom is 0.308 e. The summed E-state index contributed by atoms with van der Waals surface area (Å²) in [6.45, 7) is 3.27. The number of carboxylic acids is 1. The van der Waals surface area contributed by atoms with Crippen molar-refractivity contribution < 1.29 is 14.7 Å². The predicted molar refractivity (Wildman–Crippen MR) is 72.3 cm³/mol. The second-order valence-electron chi connectivity index (χ2n) is 4.29. The lowest BCUT2D eigenvalue weighted by atomic mass is 10.0. The first-order valence-electron chi connectivity index (χ1n) is 5.66. The van der Waals surface area contributed by atoms with Crippen molar-refractivity contribution in [1.29, 1.82) is 0 Å². The number of hydrogen-bond acceptors (Lipinski definition) is 2. The second-order valence-corrected chi connectivity index (χ2v) is 5.21. The number of halogens is 1. The average Bonchev–Trinajstić information content (AvgIpc) is 2.27. The van der Waals surface area contributed by atoms with Crippen LogP contribution in [0.5, 0.6) is 0 Å². The molecule has 5 heteroatoms. The molecule has 4 nitrogen and oxygen atoms in total. The van der Waals surface area contributed by atoms with Crippen LogP contribution in [0, 0.1) is 5.92 Å². The molecule has 0 saturated carbocycles. The smallest absolute Gasteiger partial charge is 0.308 e. The lowest BCUT2D eigenvalue weighted by Crippen LogP contribution is -2.40. The number of nitrogens with one attached hydrogen (secondary N) is 1. The van der Waals surface area contributed by atoms with Crippen LogP contribution in [-0.2, 0) is 16.0 Å². The van der Waals surface area contributed by atoms with E-state index >= 15 is 0 Å². The lowest BCUT2D eigenvalue weighted by Gasteiger charge is -2.17. The Labute approximate surface area is 115 Å². The molecule has 0 aliphatic heterocycles. The van der Waals surface area contributed by atoms with Crippen LogP contribution in [0.3, 0.4) is 0 Å². The molecule has 98 valence electrons. The minimum absolute atomic E-state index is 0.172. The normalized spacial score (nSPS) is 13.7. The summed E-state index contributed by atoms with van der Waals surface area (Å²) in [5.41, 5.74) is 0.886. The van der Waals surface area contributed by atoms with Crippen molar-refractivity contribution in [2.75, 3.05) is 0 Å². The Morgan fingerprint density at radius 3 is 2.61 bits per heavy atom. The third-order valence-electron chi connectivity index (χ3n) is 2.78. The predicted octanol–water partition coefficient (Wildman–Crippen LogP) is 2.22.